The normalized spacial score (nSPS) is 25.4. The molecule has 1 heterocycles. The first-order valence-corrected chi connectivity index (χ1v) is 3.93. The topological polar surface area (TPSA) is 46.6 Å². The molecule has 4 heteroatoms. The maximum atomic E-state index is 11.0. The third-order valence-electron chi connectivity index (χ3n) is 2.10. The van der Waals surface area contributed by atoms with Gasteiger partial charge in [-0.2, -0.15) is 0 Å². The zero-order chi connectivity index (χ0) is 8.27. The highest BCUT2D eigenvalue weighted by Gasteiger charge is 2.20. The van der Waals surface area contributed by atoms with E-state index in [-0.39, 0.29) is 6.61 Å². The molecular formula is C7H15N2O2. The van der Waals surface area contributed by atoms with Crippen LogP contribution in [0.4, 0.5) is 0 Å². The van der Waals surface area contributed by atoms with E-state index in [4.69, 9.17) is 5.11 Å². The van der Waals surface area contributed by atoms with E-state index in [9.17, 15) is 5.11 Å². The lowest BCUT2D eigenvalue weighted by atomic mass is 10.3. The zero-order valence-electron chi connectivity index (χ0n) is 6.86. The molecule has 11 heavy (non-hydrogen) atoms. The van der Waals surface area contributed by atoms with E-state index in [0.717, 1.165) is 26.2 Å². The van der Waals surface area contributed by atoms with Gasteiger partial charge in [-0.05, 0) is 7.05 Å². The van der Waals surface area contributed by atoms with E-state index in [0.29, 0.717) is 0 Å². The average molecular weight is 159 g/mol. The highest BCUT2D eigenvalue weighted by molar-refractivity contribution is 4.70. The van der Waals surface area contributed by atoms with E-state index < -0.39 is 6.23 Å². The summed E-state index contributed by atoms with van der Waals surface area (Å²) in [6, 6.07) is 0. The first-order chi connectivity index (χ1) is 5.24. The molecule has 0 spiro atoms. The minimum absolute atomic E-state index is 0.274. The second-order valence-electron chi connectivity index (χ2n) is 2.98. The van der Waals surface area contributed by atoms with Gasteiger partial charge >= 0.3 is 0 Å². The predicted molar refractivity (Wildman–Crippen MR) is 40.6 cm³/mol. The summed E-state index contributed by atoms with van der Waals surface area (Å²) in [6.07, 6.45) is -0.913. The third kappa shape index (κ3) is 2.41. The molecule has 1 saturated heterocycles. The number of nitrogens with zero attached hydrogens (tertiary/aromatic N) is 2. The van der Waals surface area contributed by atoms with Crippen LogP contribution in [0.2, 0.25) is 0 Å². The summed E-state index contributed by atoms with van der Waals surface area (Å²) < 4.78 is 0. The molecule has 4 nitrogen and oxygen atoms in total. The molecule has 0 saturated carbocycles. The molecule has 1 atom stereocenters. The van der Waals surface area contributed by atoms with Crippen LogP contribution in [0.3, 0.4) is 0 Å². The highest BCUT2D eigenvalue weighted by Crippen LogP contribution is 2.02. The van der Waals surface area contributed by atoms with Crippen LogP contribution >= 0.6 is 0 Å². The fraction of sp³-hybridized carbons (Fsp3) is 1.00. The van der Waals surface area contributed by atoms with Crippen LogP contribution < -0.4 is 0 Å². The Morgan fingerprint density at radius 1 is 1.36 bits per heavy atom. The van der Waals surface area contributed by atoms with Crippen LogP contribution in [0.15, 0.2) is 0 Å². The Hall–Kier alpha value is -0.160. The maximum absolute atomic E-state index is 11.0. The van der Waals surface area contributed by atoms with E-state index >= 15 is 0 Å². The van der Waals surface area contributed by atoms with Crippen molar-refractivity contribution in [2.45, 2.75) is 6.23 Å². The van der Waals surface area contributed by atoms with Crippen molar-refractivity contribution in [1.29, 1.82) is 0 Å². The van der Waals surface area contributed by atoms with Crippen molar-refractivity contribution in [3.8, 4) is 0 Å². The Bertz CT molecular complexity index is 113. The van der Waals surface area contributed by atoms with Crippen LogP contribution in [-0.2, 0) is 5.11 Å². The van der Waals surface area contributed by atoms with E-state index in [2.05, 4.69) is 4.90 Å². The van der Waals surface area contributed by atoms with Crippen molar-refractivity contribution in [3.63, 3.8) is 0 Å². The Morgan fingerprint density at radius 3 is 2.36 bits per heavy atom. The molecule has 0 aromatic rings. The molecule has 1 aliphatic rings. The summed E-state index contributed by atoms with van der Waals surface area (Å²) in [7, 11) is 2.04. The predicted octanol–water partition coefficient (Wildman–Crippen LogP) is -1.02. The molecule has 1 radical (unpaired) electrons. The summed E-state index contributed by atoms with van der Waals surface area (Å²) in [5.41, 5.74) is 0. The van der Waals surface area contributed by atoms with Gasteiger partial charge in [0.05, 0.1) is 6.61 Å². The van der Waals surface area contributed by atoms with Crippen molar-refractivity contribution in [1.82, 2.24) is 9.80 Å². The van der Waals surface area contributed by atoms with E-state index in [1.165, 1.54) is 0 Å². The smallest absolute Gasteiger partial charge is 0.169 e. The number of piperazine rings is 1. The number of hydrogen-bond donors (Lipinski definition) is 1. The van der Waals surface area contributed by atoms with Gasteiger partial charge in [-0.25, -0.2) is 5.11 Å². The third-order valence-corrected chi connectivity index (χ3v) is 2.10. The van der Waals surface area contributed by atoms with Gasteiger partial charge in [0.1, 0.15) is 0 Å². The summed E-state index contributed by atoms with van der Waals surface area (Å²) in [6.45, 7) is 3.15. The number of likely N-dealkylation sites (N-methyl/N-ethyl adjacent to an activating group) is 1. The molecule has 1 unspecified atom stereocenters. The fourth-order valence-electron chi connectivity index (χ4n) is 1.23. The maximum Gasteiger partial charge on any atom is 0.169 e. The Labute approximate surface area is 67.0 Å². The zero-order valence-corrected chi connectivity index (χ0v) is 6.86. The second kappa shape index (κ2) is 4.01. The average Bonchev–Trinajstić information content (AvgIpc) is 2.05. The molecule has 1 aliphatic heterocycles. The van der Waals surface area contributed by atoms with Gasteiger partial charge in [-0.15, -0.1) is 0 Å². The van der Waals surface area contributed by atoms with Gasteiger partial charge in [0, 0.05) is 26.2 Å². The molecule has 0 aromatic carbocycles. The van der Waals surface area contributed by atoms with Crippen LogP contribution in [0.25, 0.3) is 0 Å². The van der Waals surface area contributed by atoms with Crippen LogP contribution in [0, 0.1) is 0 Å². The first kappa shape index (κ1) is 8.93. The van der Waals surface area contributed by atoms with Crippen molar-refractivity contribution in [2.24, 2.45) is 0 Å². The van der Waals surface area contributed by atoms with Crippen molar-refractivity contribution < 1.29 is 10.2 Å². The molecule has 0 bridgehead atoms. The van der Waals surface area contributed by atoms with Gasteiger partial charge in [-0.3, -0.25) is 4.90 Å². The van der Waals surface area contributed by atoms with Crippen molar-refractivity contribution >= 4 is 0 Å². The fourth-order valence-corrected chi connectivity index (χ4v) is 1.23. The molecule has 0 aliphatic carbocycles. The Balaban J connectivity index is 2.27. The summed E-state index contributed by atoms with van der Waals surface area (Å²) in [5, 5.41) is 19.6. The monoisotopic (exact) mass is 159 g/mol. The summed E-state index contributed by atoms with van der Waals surface area (Å²) in [4.78, 5) is 3.96. The number of aliphatic hydroxyl groups excluding tert-OH is 1. The molecule has 1 rings (SSSR count). The minimum Gasteiger partial charge on any atom is -0.392 e. The molecule has 1 N–H and O–H groups in total. The van der Waals surface area contributed by atoms with Crippen LogP contribution in [0.5, 0.6) is 0 Å². The largest absolute Gasteiger partial charge is 0.392 e. The number of rotatable bonds is 2. The van der Waals surface area contributed by atoms with E-state index in [1.807, 2.05) is 7.05 Å². The standard InChI is InChI=1S/C7H15N2O2/c1-8-2-4-9(5-3-8)7(11)6-10/h7,10H,2-6H2,1H3. The lowest BCUT2D eigenvalue weighted by Crippen LogP contribution is -2.49. The molecule has 0 aromatic heterocycles. The molecule has 1 fully saturated rings. The SMILES string of the molecule is CN1CCN(C([O])CO)CC1. The van der Waals surface area contributed by atoms with Crippen LogP contribution in [-0.4, -0.2) is 61.0 Å². The van der Waals surface area contributed by atoms with Crippen molar-refractivity contribution in [2.75, 3.05) is 39.8 Å². The highest BCUT2D eigenvalue weighted by atomic mass is 16.3. The van der Waals surface area contributed by atoms with Gasteiger partial charge in [0.2, 0.25) is 0 Å². The van der Waals surface area contributed by atoms with Gasteiger partial charge in [0.25, 0.3) is 0 Å². The first-order valence-electron chi connectivity index (χ1n) is 3.93. The molecule has 0 amide bonds. The van der Waals surface area contributed by atoms with Crippen LogP contribution in [0.1, 0.15) is 0 Å². The molecular weight excluding hydrogens is 144 g/mol. The number of hydrogen-bond acceptors (Lipinski definition) is 3. The Kier molecular flexibility index (Phi) is 3.26. The lowest BCUT2D eigenvalue weighted by molar-refractivity contribution is -0.0923. The van der Waals surface area contributed by atoms with E-state index in [1.54, 1.807) is 4.90 Å². The number of aliphatic hydroxyl groups is 1. The van der Waals surface area contributed by atoms with Gasteiger partial charge < -0.3 is 10.0 Å². The Morgan fingerprint density at radius 2 is 1.91 bits per heavy atom. The summed E-state index contributed by atoms with van der Waals surface area (Å²) >= 11 is 0. The lowest BCUT2D eigenvalue weighted by Gasteiger charge is -2.33. The molecule has 65 valence electrons. The van der Waals surface area contributed by atoms with Gasteiger partial charge in [-0.1, -0.05) is 0 Å². The van der Waals surface area contributed by atoms with Crippen molar-refractivity contribution in [3.05, 3.63) is 0 Å². The second-order valence-corrected chi connectivity index (χ2v) is 2.98. The quantitative estimate of drug-likeness (QED) is 0.561. The summed E-state index contributed by atoms with van der Waals surface area (Å²) in [5.74, 6) is 0. The minimum atomic E-state index is -0.913. The van der Waals surface area contributed by atoms with Gasteiger partial charge in [0.15, 0.2) is 6.23 Å².